The van der Waals surface area contributed by atoms with E-state index in [9.17, 15) is 0 Å². The fourth-order valence-electron chi connectivity index (χ4n) is 2.64. The Kier molecular flexibility index (Phi) is 4.42. The lowest BCUT2D eigenvalue weighted by Crippen LogP contribution is -2.41. The van der Waals surface area contributed by atoms with E-state index in [1.165, 1.54) is 45.2 Å². The summed E-state index contributed by atoms with van der Waals surface area (Å²) in [5, 5.41) is 0. The maximum Gasteiger partial charge on any atom is 0.0702 e. The van der Waals surface area contributed by atoms with Crippen LogP contribution in [0.15, 0.2) is 0 Å². The summed E-state index contributed by atoms with van der Waals surface area (Å²) in [6.07, 6.45) is 6.94. The molecule has 0 aromatic rings. The molecule has 2 aliphatic rings. The number of likely N-dealkylation sites (tertiary alicyclic amines) is 1. The second kappa shape index (κ2) is 5.83. The van der Waals surface area contributed by atoms with Gasteiger partial charge in [0.25, 0.3) is 0 Å². The Morgan fingerprint density at radius 2 is 1.93 bits per heavy atom. The van der Waals surface area contributed by atoms with Crippen LogP contribution in [0.25, 0.3) is 0 Å². The van der Waals surface area contributed by atoms with Crippen LogP contribution in [0, 0.1) is 5.92 Å². The van der Waals surface area contributed by atoms with Gasteiger partial charge in [-0.25, -0.2) is 0 Å². The standard InChI is InChI=1S/C12H24N2O/c13-9-11-4-6-14(7-5-11)10-12-3-1-2-8-15-12/h11-12H,1-10,13H2. The Morgan fingerprint density at radius 3 is 2.53 bits per heavy atom. The largest absolute Gasteiger partial charge is 0.377 e. The highest BCUT2D eigenvalue weighted by Crippen LogP contribution is 2.19. The Labute approximate surface area is 93.0 Å². The van der Waals surface area contributed by atoms with Gasteiger partial charge in [-0.1, -0.05) is 0 Å². The van der Waals surface area contributed by atoms with Gasteiger partial charge in [0.2, 0.25) is 0 Å². The molecular formula is C12H24N2O. The second-order valence-corrected chi connectivity index (χ2v) is 4.97. The fourth-order valence-corrected chi connectivity index (χ4v) is 2.64. The van der Waals surface area contributed by atoms with Crippen LogP contribution in [0.3, 0.4) is 0 Å². The molecule has 0 amide bonds. The molecular weight excluding hydrogens is 188 g/mol. The highest BCUT2D eigenvalue weighted by molar-refractivity contribution is 4.76. The molecule has 2 heterocycles. The lowest BCUT2D eigenvalue weighted by atomic mass is 9.96. The van der Waals surface area contributed by atoms with E-state index in [4.69, 9.17) is 10.5 Å². The molecule has 1 unspecified atom stereocenters. The average molecular weight is 212 g/mol. The first-order valence-corrected chi connectivity index (χ1v) is 6.42. The van der Waals surface area contributed by atoms with Crippen molar-refractivity contribution in [3.05, 3.63) is 0 Å². The predicted molar refractivity (Wildman–Crippen MR) is 61.8 cm³/mol. The van der Waals surface area contributed by atoms with E-state index in [1.54, 1.807) is 0 Å². The van der Waals surface area contributed by atoms with E-state index in [1.807, 2.05) is 0 Å². The molecule has 88 valence electrons. The fraction of sp³-hybridized carbons (Fsp3) is 1.00. The molecule has 3 nitrogen and oxygen atoms in total. The SMILES string of the molecule is NCC1CCN(CC2CCCCO2)CC1. The molecule has 0 saturated carbocycles. The van der Waals surface area contributed by atoms with E-state index >= 15 is 0 Å². The summed E-state index contributed by atoms with van der Waals surface area (Å²) in [4.78, 5) is 2.56. The minimum Gasteiger partial charge on any atom is -0.377 e. The zero-order valence-corrected chi connectivity index (χ0v) is 9.66. The molecule has 2 fully saturated rings. The number of piperidine rings is 1. The first-order valence-electron chi connectivity index (χ1n) is 6.42. The summed E-state index contributed by atoms with van der Waals surface area (Å²) < 4.78 is 5.77. The van der Waals surface area contributed by atoms with Crippen molar-refractivity contribution in [2.75, 3.05) is 32.8 Å². The lowest BCUT2D eigenvalue weighted by Gasteiger charge is -2.34. The molecule has 2 rings (SSSR count). The normalized spacial score (nSPS) is 30.6. The van der Waals surface area contributed by atoms with Crippen LogP contribution in [0.5, 0.6) is 0 Å². The smallest absolute Gasteiger partial charge is 0.0702 e. The van der Waals surface area contributed by atoms with E-state index in [0.717, 1.165) is 25.6 Å². The Balaban J connectivity index is 1.67. The monoisotopic (exact) mass is 212 g/mol. The van der Waals surface area contributed by atoms with Crippen LogP contribution in [-0.2, 0) is 4.74 Å². The van der Waals surface area contributed by atoms with E-state index in [0.29, 0.717) is 6.10 Å². The number of rotatable bonds is 3. The Bertz CT molecular complexity index is 172. The molecule has 3 heteroatoms. The molecule has 0 spiro atoms. The molecule has 0 radical (unpaired) electrons. The van der Waals surface area contributed by atoms with E-state index in [2.05, 4.69) is 4.90 Å². The van der Waals surface area contributed by atoms with Gasteiger partial charge in [0.05, 0.1) is 6.10 Å². The molecule has 1 atom stereocenters. The molecule has 0 bridgehead atoms. The minimum absolute atomic E-state index is 0.508. The van der Waals surface area contributed by atoms with Crippen molar-refractivity contribution < 1.29 is 4.74 Å². The lowest BCUT2D eigenvalue weighted by molar-refractivity contribution is -0.0110. The molecule has 2 saturated heterocycles. The highest BCUT2D eigenvalue weighted by Gasteiger charge is 2.22. The number of nitrogens with zero attached hydrogens (tertiary/aromatic N) is 1. The highest BCUT2D eigenvalue weighted by atomic mass is 16.5. The average Bonchev–Trinajstić information content (AvgIpc) is 2.31. The van der Waals surface area contributed by atoms with Crippen LogP contribution in [0.4, 0.5) is 0 Å². The van der Waals surface area contributed by atoms with Crippen LogP contribution < -0.4 is 5.73 Å². The summed E-state index contributed by atoms with van der Waals surface area (Å²) in [5.41, 5.74) is 5.69. The Morgan fingerprint density at radius 1 is 1.13 bits per heavy atom. The van der Waals surface area contributed by atoms with Crippen molar-refractivity contribution in [1.29, 1.82) is 0 Å². The third-order valence-corrected chi connectivity index (χ3v) is 3.78. The van der Waals surface area contributed by atoms with Gasteiger partial charge in [0.15, 0.2) is 0 Å². The summed E-state index contributed by atoms with van der Waals surface area (Å²) in [7, 11) is 0. The zero-order valence-electron chi connectivity index (χ0n) is 9.66. The van der Waals surface area contributed by atoms with Crippen LogP contribution in [0.2, 0.25) is 0 Å². The topological polar surface area (TPSA) is 38.5 Å². The second-order valence-electron chi connectivity index (χ2n) is 4.97. The van der Waals surface area contributed by atoms with Gasteiger partial charge >= 0.3 is 0 Å². The summed E-state index contributed by atoms with van der Waals surface area (Å²) in [6, 6.07) is 0. The number of hydrogen-bond donors (Lipinski definition) is 1. The van der Waals surface area contributed by atoms with Crippen molar-refractivity contribution in [3.8, 4) is 0 Å². The molecule has 15 heavy (non-hydrogen) atoms. The van der Waals surface area contributed by atoms with Crippen molar-refractivity contribution >= 4 is 0 Å². The first-order chi connectivity index (χ1) is 7.38. The van der Waals surface area contributed by atoms with Crippen molar-refractivity contribution in [1.82, 2.24) is 4.90 Å². The summed E-state index contributed by atoms with van der Waals surface area (Å²) in [6.45, 7) is 5.44. The third kappa shape index (κ3) is 3.44. The van der Waals surface area contributed by atoms with Gasteiger partial charge in [-0.2, -0.15) is 0 Å². The van der Waals surface area contributed by atoms with Crippen molar-refractivity contribution in [2.45, 2.75) is 38.2 Å². The quantitative estimate of drug-likeness (QED) is 0.764. The molecule has 0 aromatic carbocycles. The van der Waals surface area contributed by atoms with E-state index in [-0.39, 0.29) is 0 Å². The third-order valence-electron chi connectivity index (χ3n) is 3.78. The van der Waals surface area contributed by atoms with Gasteiger partial charge in [-0.3, -0.25) is 0 Å². The van der Waals surface area contributed by atoms with Gasteiger partial charge in [0.1, 0.15) is 0 Å². The molecule has 0 aliphatic carbocycles. The summed E-state index contributed by atoms with van der Waals surface area (Å²) >= 11 is 0. The van der Waals surface area contributed by atoms with Crippen LogP contribution in [0.1, 0.15) is 32.1 Å². The maximum absolute atomic E-state index is 5.77. The molecule has 2 aliphatic heterocycles. The molecule has 0 aromatic heterocycles. The van der Waals surface area contributed by atoms with Gasteiger partial charge in [-0.05, 0) is 57.7 Å². The maximum atomic E-state index is 5.77. The van der Waals surface area contributed by atoms with Crippen molar-refractivity contribution in [2.24, 2.45) is 11.7 Å². The molecule has 2 N–H and O–H groups in total. The first kappa shape index (κ1) is 11.4. The number of nitrogens with two attached hydrogens (primary N) is 1. The predicted octanol–water partition coefficient (Wildman–Crippen LogP) is 1.23. The van der Waals surface area contributed by atoms with Gasteiger partial charge in [-0.15, -0.1) is 0 Å². The number of hydrogen-bond acceptors (Lipinski definition) is 3. The zero-order chi connectivity index (χ0) is 10.5. The summed E-state index contributed by atoms with van der Waals surface area (Å²) in [5.74, 6) is 0.772. The van der Waals surface area contributed by atoms with Crippen molar-refractivity contribution in [3.63, 3.8) is 0 Å². The minimum atomic E-state index is 0.508. The Hall–Kier alpha value is -0.120. The number of ether oxygens (including phenoxy) is 1. The van der Waals surface area contributed by atoms with E-state index < -0.39 is 0 Å². The van der Waals surface area contributed by atoms with Crippen LogP contribution >= 0.6 is 0 Å². The van der Waals surface area contributed by atoms with Gasteiger partial charge in [0, 0.05) is 13.2 Å². The van der Waals surface area contributed by atoms with Gasteiger partial charge < -0.3 is 15.4 Å². The van der Waals surface area contributed by atoms with Crippen LogP contribution in [-0.4, -0.2) is 43.8 Å².